The maximum Gasteiger partial charge on any atom is 0.425 e. The Balaban J connectivity index is 0.00000160. The van der Waals surface area contributed by atoms with Gasteiger partial charge in [-0.15, -0.1) is 12.6 Å². The molecule has 294 valence electrons. The van der Waals surface area contributed by atoms with E-state index in [2.05, 4.69) is 61.5 Å². The van der Waals surface area contributed by atoms with Gasteiger partial charge in [-0.25, -0.2) is 4.79 Å². The molecule has 0 saturated heterocycles. The van der Waals surface area contributed by atoms with Crippen molar-refractivity contribution in [1.82, 2.24) is 4.98 Å². The third-order valence-electron chi connectivity index (χ3n) is 9.59. The van der Waals surface area contributed by atoms with Gasteiger partial charge in [0.25, 0.3) is 20.2 Å². The first kappa shape index (κ1) is 42.9. The Morgan fingerprint density at radius 2 is 1.62 bits per heavy atom. The van der Waals surface area contributed by atoms with Crippen LogP contribution in [0.5, 0.6) is 0 Å². The third kappa shape index (κ3) is 9.90. The number of rotatable bonds is 12. The lowest BCUT2D eigenvalue weighted by molar-refractivity contribution is -0.437. The molecule has 0 amide bonds. The van der Waals surface area contributed by atoms with E-state index in [1.807, 2.05) is 37.0 Å². The van der Waals surface area contributed by atoms with Crippen LogP contribution in [0.25, 0.3) is 5.57 Å². The van der Waals surface area contributed by atoms with Crippen LogP contribution in [0.1, 0.15) is 80.2 Å². The second-order valence-electron chi connectivity index (χ2n) is 14.2. The fourth-order valence-corrected chi connectivity index (χ4v) is 7.97. The van der Waals surface area contributed by atoms with Crippen LogP contribution in [0.3, 0.4) is 0 Å². The molecule has 3 heterocycles. The minimum Gasteiger partial charge on any atom is -0.478 e. The van der Waals surface area contributed by atoms with Crippen molar-refractivity contribution in [2.75, 3.05) is 23.7 Å². The Labute approximate surface area is 322 Å². The van der Waals surface area contributed by atoms with E-state index in [1.165, 1.54) is 35.5 Å². The fraction of sp³-hybridized carbons (Fsp3) is 0.342. The first-order chi connectivity index (χ1) is 25.5. The number of carboxylic acids is 1. The predicted molar refractivity (Wildman–Crippen MR) is 208 cm³/mol. The summed E-state index contributed by atoms with van der Waals surface area (Å²) in [6.07, 6.45) is 10.0. The lowest BCUT2D eigenvalue weighted by atomic mass is 9.80. The molecule has 0 fully saturated rings. The molecule has 2 aromatic carbocycles. The van der Waals surface area contributed by atoms with Crippen molar-refractivity contribution in [3.63, 3.8) is 0 Å². The lowest BCUT2D eigenvalue weighted by Gasteiger charge is -2.27. The smallest absolute Gasteiger partial charge is 0.425 e. The van der Waals surface area contributed by atoms with Gasteiger partial charge in [0.2, 0.25) is 5.69 Å². The minimum atomic E-state index is -4.50. The van der Waals surface area contributed by atoms with E-state index in [1.54, 1.807) is 12.1 Å². The molecule has 2 aliphatic rings. The quantitative estimate of drug-likeness (QED) is 0.114. The molecule has 0 saturated carbocycles. The average molecular weight is 815 g/mol. The van der Waals surface area contributed by atoms with Gasteiger partial charge in [-0.3, -0.25) is 14.1 Å². The second-order valence-corrected chi connectivity index (χ2v) is 17.6. The molecule has 5 rings (SSSR count). The van der Waals surface area contributed by atoms with Crippen LogP contribution in [0, 0.1) is 6.92 Å². The number of aromatic nitrogens is 1. The summed E-state index contributed by atoms with van der Waals surface area (Å²) in [6, 6.07) is 13.9. The Morgan fingerprint density at radius 3 is 2.18 bits per heavy atom. The molecule has 3 N–H and O–H groups in total. The Kier molecular flexibility index (Phi) is 12.9. The molecule has 55 heavy (non-hydrogen) atoms. The number of fused-ring (bicyclic) bond motifs is 2. The lowest BCUT2D eigenvalue weighted by Crippen LogP contribution is -2.28. The van der Waals surface area contributed by atoms with E-state index < -0.39 is 48.0 Å². The summed E-state index contributed by atoms with van der Waals surface area (Å²) in [5.74, 6) is -1.57. The summed E-state index contributed by atoms with van der Waals surface area (Å²) in [4.78, 5) is 17.7. The van der Waals surface area contributed by atoms with Crippen LogP contribution in [0.2, 0.25) is 0 Å². The number of hydrogen-bond donors (Lipinski definition) is 3. The van der Waals surface area contributed by atoms with Crippen molar-refractivity contribution in [2.24, 2.45) is 0 Å². The van der Waals surface area contributed by atoms with Crippen LogP contribution in [0.15, 0.2) is 89.6 Å². The van der Waals surface area contributed by atoms with Gasteiger partial charge < -0.3 is 10.0 Å². The third-order valence-corrected chi connectivity index (χ3v) is 11.2. The number of carboxylic acid groups (broad SMARTS) is 1. The van der Waals surface area contributed by atoms with Crippen molar-refractivity contribution in [3.8, 4) is 0 Å². The number of nitrogens with zero attached hydrogens (tertiary/aromatic N) is 3. The number of allylic oxidation sites excluding steroid dienone is 6. The van der Waals surface area contributed by atoms with Crippen molar-refractivity contribution in [1.29, 1.82) is 0 Å². The van der Waals surface area contributed by atoms with Crippen molar-refractivity contribution in [3.05, 3.63) is 113 Å². The molecule has 0 bridgehead atoms. The van der Waals surface area contributed by atoms with E-state index >= 15 is 0 Å². The SMILES string of the molecule is CCC[N+]1=C(/C=C/C(=C/C=C2/N(CCCS(=O)(=O)O)c3ccc(S(=O)(=O)O)cc3C2(C)C)c2ccc(C(=O)O)cn2)C(C)(C)c2cc(C)ccc21.O=S(=O)=O. The minimum absolute atomic E-state index is 0.0405. The van der Waals surface area contributed by atoms with Crippen LogP contribution in [0.4, 0.5) is 11.4 Å². The maximum absolute atomic E-state index is 12.1. The van der Waals surface area contributed by atoms with Crippen molar-refractivity contribution < 1.29 is 53.0 Å². The predicted octanol–water partition coefficient (Wildman–Crippen LogP) is 5.72. The van der Waals surface area contributed by atoms with Crippen LogP contribution < -0.4 is 4.90 Å². The highest BCUT2D eigenvalue weighted by Crippen LogP contribution is 2.49. The van der Waals surface area contributed by atoms with Crippen molar-refractivity contribution >= 4 is 59.5 Å². The summed E-state index contributed by atoms with van der Waals surface area (Å²) in [5, 5.41) is 9.52. The van der Waals surface area contributed by atoms with Crippen molar-refractivity contribution in [2.45, 2.75) is 70.1 Å². The van der Waals surface area contributed by atoms with E-state index in [0.29, 0.717) is 28.2 Å². The van der Waals surface area contributed by atoms with Crippen LogP contribution in [-0.4, -0.2) is 83.8 Å². The number of aryl methyl sites for hydroxylation is 1. The average Bonchev–Trinajstić information content (AvgIpc) is 3.41. The number of pyridine rings is 1. The number of benzene rings is 2. The van der Waals surface area contributed by atoms with Gasteiger partial charge in [0.05, 0.1) is 27.3 Å². The maximum atomic E-state index is 12.1. The zero-order valence-electron chi connectivity index (χ0n) is 31.2. The van der Waals surface area contributed by atoms with Gasteiger partial charge in [-0.05, 0) is 81.3 Å². The number of hydrogen-bond acceptors (Lipinski definition) is 10. The Hall–Kier alpha value is -4.81. The number of carbonyl (C=O) groups is 1. The molecule has 0 spiro atoms. The standard InChI is InChI=1S/C38H43N3O8S2.O3S/c1-7-19-40-32-15-9-25(2)22-29(32)37(3,4)34(40)17-11-26(31-14-10-27(24-39-31)36(42)43)12-18-35-38(5,6)30-23-28(51(47,48)49)13-16-33(30)41(35)20-8-21-50(44,45)46;1-4(2)3/h9-18,22-24H,7-8,19-21H2,1-6H3,(H2-,42,43,44,45,46,47,48,49);/p+1. The highest BCUT2D eigenvalue weighted by atomic mass is 32.2. The van der Waals surface area contributed by atoms with Gasteiger partial charge in [-0.2, -0.15) is 21.4 Å². The van der Waals surface area contributed by atoms with E-state index in [0.717, 1.165) is 24.4 Å². The molecule has 3 aromatic rings. The molecule has 0 atom stereocenters. The first-order valence-electron chi connectivity index (χ1n) is 17.2. The first-order valence-corrected chi connectivity index (χ1v) is 21.2. The Morgan fingerprint density at radius 1 is 0.945 bits per heavy atom. The van der Waals surface area contributed by atoms with E-state index in [4.69, 9.17) is 12.6 Å². The number of aromatic carboxylic acids is 1. The molecule has 0 aliphatic carbocycles. The zero-order valence-corrected chi connectivity index (χ0v) is 33.7. The topological polar surface area (TPSA) is 216 Å². The summed E-state index contributed by atoms with van der Waals surface area (Å²) in [5.41, 5.74) is 6.67. The molecule has 17 heteroatoms. The van der Waals surface area contributed by atoms with Gasteiger partial charge >= 0.3 is 16.6 Å². The molecule has 1 aromatic heterocycles. The monoisotopic (exact) mass is 814 g/mol. The molecule has 0 radical (unpaired) electrons. The van der Waals surface area contributed by atoms with Gasteiger partial charge in [0, 0.05) is 59.2 Å². The summed E-state index contributed by atoms with van der Waals surface area (Å²) in [6.45, 7) is 13.4. The summed E-state index contributed by atoms with van der Waals surface area (Å²) >= 11 is 0. The molecule has 0 unspecified atom stereocenters. The number of anilines is 1. The molecular weight excluding hydrogens is 771 g/mol. The van der Waals surface area contributed by atoms with E-state index in [-0.39, 0.29) is 28.8 Å². The summed E-state index contributed by atoms with van der Waals surface area (Å²) < 4.78 is 94.2. The van der Waals surface area contributed by atoms with Gasteiger partial charge in [0.1, 0.15) is 6.54 Å². The highest BCUT2D eigenvalue weighted by molar-refractivity contribution is 7.86. The normalized spacial score (nSPS) is 16.9. The second kappa shape index (κ2) is 16.5. The summed E-state index contributed by atoms with van der Waals surface area (Å²) in [7, 11) is -11.8. The van der Waals surface area contributed by atoms with Crippen LogP contribution >= 0.6 is 0 Å². The Bertz CT molecular complexity index is 2460. The highest BCUT2D eigenvalue weighted by Gasteiger charge is 2.44. The molecular formula is C38H44N3O11S3+. The zero-order chi connectivity index (χ0) is 41.1. The fourth-order valence-electron chi connectivity index (χ4n) is 6.97. The molecule has 2 aliphatic heterocycles. The van der Waals surface area contributed by atoms with E-state index in [9.17, 15) is 35.8 Å². The largest absolute Gasteiger partial charge is 0.478 e. The van der Waals surface area contributed by atoms with Gasteiger partial charge in [0.15, 0.2) is 5.71 Å². The van der Waals surface area contributed by atoms with Gasteiger partial charge in [-0.1, -0.05) is 38.5 Å². The van der Waals surface area contributed by atoms with Crippen LogP contribution in [-0.2, 0) is 41.7 Å². The molecule has 14 nitrogen and oxygen atoms in total.